The molecule has 2 N–H and O–H groups in total. The van der Waals surface area contributed by atoms with Gasteiger partial charge in [0.25, 0.3) is 0 Å². The number of rotatable bonds is 3. The number of piperidine rings is 1. The van der Waals surface area contributed by atoms with Gasteiger partial charge in [0.15, 0.2) is 0 Å². The van der Waals surface area contributed by atoms with Gasteiger partial charge in [0.1, 0.15) is 0 Å². The summed E-state index contributed by atoms with van der Waals surface area (Å²) in [6, 6.07) is 0. The van der Waals surface area contributed by atoms with E-state index in [1.54, 1.807) is 4.90 Å². The Hall–Kier alpha value is -0.770. The number of carboxylic acid groups (broad SMARTS) is 1. The number of nitrogens with one attached hydrogen (secondary N) is 1. The van der Waals surface area contributed by atoms with Gasteiger partial charge in [-0.15, -0.1) is 0 Å². The highest BCUT2D eigenvalue weighted by molar-refractivity contribution is 5.65. The molecule has 0 aromatic heterocycles. The van der Waals surface area contributed by atoms with Crippen molar-refractivity contribution in [1.29, 1.82) is 0 Å². The van der Waals surface area contributed by atoms with Crippen LogP contribution in [0.15, 0.2) is 0 Å². The molecule has 1 unspecified atom stereocenters. The number of likely N-dealkylation sites (tertiary alicyclic amines) is 1. The predicted molar refractivity (Wildman–Crippen MR) is 67.1 cm³/mol. The first-order valence-corrected chi connectivity index (χ1v) is 6.86. The van der Waals surface area contributed by atoms with Gasteiger partial charge in [0.2, 0.25) is 0 Å². The van der Waals surface area contributed by atoms with Gasteiger partial charge in [-0.3, -0.25) is 0 Å². The third-order valence-corrected chi connectivity index (χ3v) is 4.59. The SMILES string of the molecule is CCCCC1CN(C(=O)O)CC12CCNCC2. The van der Waals surface area contributed by atoms with Crippen LogP contribution in [-0.4, -0.2) is 42.3 Å². The molecule has 0 aliphatic carbocycles. The summed E-state index contributed by atoms with van der Waals surface area (Å²) in [5, 5.41) is 12.6. The Labute approximate surface area is 103 Å². The molecule has 0 radical (unpaired) electrons. The maximum Gasteiger partial charge on any atom is 0.407 e. The molecule has 2 aliphatic heterocycles. The van der Waals surface area contributed by atoms with Crippen LogP contribution < -0.4 is 5.32 Å². The molecular weight excluding hydrogens is 216 g/mol. The van der Waals surface area contributed by atoms with Crippen LogP contribution in [0.3, 0.4) is 0 Å². The summed E-state index contributed by atoms with van der Waals surface area (Å²) in [6.45, 7) is 5.83. The summed E-state index contributed by atoms with van der Waals surface area (Å²) >= 11 is 0. The Morgan fingerprint density at radius 1 is 1.47 bits per heavy atom. The van der Waals surface area contributed by atoms with Crippen LogP contribution in [0.4, 0.5) is 4.79 Å². The molecule has 0 aromatic carbocycles. The van der Waals surface area contributed by atoms with Gasteiger partial charge in [-0.2, -0.15) is 0 Å². The summed E-state index contributed by atoms with van der Waals surface area (Å²) in [7, 11) is 0. The van der Waals surface area contributed by atoms with E-state index in [9.17, 15) is 9.90 Å². The molecule has 0 aromatic rings. The smallest absolute Gasteiger partial charge is 0.407 e. The molecule has 4 heteroatoms. The molecule has 2 heterocycles. The van der Waals surface area contributed by atoms with Crippen LogP contribution in [0, 0.1) is 11.3 Å². The van der Waals surface area contributed by atoms with Crippen LogP contribution in [-0.2, 0) is 0 Å². The van der Waals surface area contributed by atoms with E-state index in [0.29, 0.717) is 5.92 Å². The van der Waals surface area contributed by atoms with Crippen molar-refractivity contribution in [3.8, 4) is 0 Å². The second kappa shape index (κ2) is 5.25. The molecule has 2 saturated heterocycles. The number of hydrogen-bond acceptors (Lipinski definition) is 2. The van der Waals surface area contributed by atoms with Crippen LogP contribution in [0.25, 0.3) is 0 Å². The minimum Gasteiger partial charge on any atom is -0.465 e. The topological polar surface area (TPSA) is 52.6 Å². The van der Waals surface area contributed by atoms with E-state index in [1.807, 2.05) is 0 Å². The van der Waals surface area contributed by atoms with Crippen LogP contribution >= 0.6 is 0 Å². The van der Waals surface area contributed by atoms with E-state index in [2.05, 4.69) is 12.2 Å². The maximum atomic E-state index is 11.2. The molecule has 0 bridgehead atoms. The molecule has 1 spiro atoms. The van der Waals surface area contributed by atoms with Crippen molar-refractivity contribution in [2.75, 3.05) is 26.2 Å². The zero-order valence-electron chi connectivity index (χ0n) is 10.7. The van der Waals surface area contributed by atoms with Gasteiger partial charge in [0.05, 0.1) is 0 Å². The first-order chi connectivity index (χ1) is 8.18. The van der Waals surface area contributed by atoms with Gasteiger partial charge in [-0.25, -0.2) is 4.79 Å². The highest BCUT2D eigenvalue weighted by atomic mass is 16.4. The van der Waals surface area contributed by atoms with Gasteiger partial charge in [-0.05, 0) is 43.7 Å². The molecule has 2 fully saturated rings. The number of hydrogen-bond donors (Lipinski definition) is 2. The van der Waals surface area contributed by atoms with E-state index in [4.69, 9.17) is 0 Å². The summed E-state index contributed by atoms with van der Waals surface area (Å²) in [5.41, 5.74) is 0.277. The zero-order chi connectivity index (χ0) is 12.3. The summed E-state index contributed by atoms with van der Waals surface area (Å²) in [5.74, 6) is 0.584. The van der Waals surface area contributed by atoms with Crippen LogP contribution in [0.5, 0.6) is 0 Å². The quantitative estimate of drug-likeness (QED) is 0.795. The van der Waals surface area contributed by atoms with Crippen LogP contribution in [0.2, 0.25) is 0 Å². The molecule has 4 nitrogen and oxygen atoms in total. The predicted octanol–water partition coefficient (Wildman–Crippen LogP) is 2.16. The highest BCUT2D eigenvalue weighted by Gasteiger charge is 2.47. The Kier molecular flexibility index (Phi) is 3.92. The third kappa shape index (κ3) is 2.57. The zero-order valence-corrected chi connectivity index (χ0v) is 10.7. The summed E-state index contributed by atoms with van der Waals surface area (Å²) in [6.07, 6.45) is 5.18. The van der Waals surface area contributed by atoms with E-state index in [1.165, 1.54) is 19.3 Å². The van der Waals surface area contributed by atoms with E-state index in [-0.39, 0.29) is 5.41 Å². The minimum absolute atomic E-state index is 0.277. The van der Waals surface area contributed by atoms with Crippen molar-refractivity contribution in [3.05, 3.63) is 0 Å². The van der Waals surface area contributed by atoms with Crippen LogP contribution in [0.1, 0.15) is 39.0 Å². The first kappa shape index (κ1) is 12.7. The van der Waals surface area contributed by atoms with Gasteiger partial charge >= 0.3 is 6.09 Å². The first-order valence-electron chi connectivity index (χ1n) is 6.86. The summed E-state index contributed by atoms with van der Waals surface area (Å²) in [4.78, 5) is 12.8. The molecule has 1 amide bonds. The Morgan fingerprint density at radius 3 is 2.76 bits per heavy atom. The molecule has 98 valence electrons. The molecule has 1 atom stereocenters. The van der Waals surface area contributed by atoms with Crippen molar-refractivity contribution in [1.82, 2.24) is 10.2 Å². The van der Waals surface area contributed by atoms with Crippen molar-refractivity contribution in [3.63, 3.8) is 0 Å². The van der Waals surface area contributed by atoms with Gasteiger partial charge in [-0.1, -0.05) is 19.8 Å². The van der Waals surface area contributed by atoms with E-state index >= 15 is 0 Å². The average molecular weight is 240 g/mol. The minimum atomic E-state index is -0.734. The number of carbonyl (C=O) groups is 1. The number of nitrogens with zero attached hydrogens (tertiary/aromatic N) is 1. The van der Waals surface area contributed by atoms with E-state index in [0.717, 1.165) is 39.0 Å². The largest absolute Gasteiger partial charge is 0.465 e. The fourth-order valence-corrected chi connectivity index (χ4v) is 3.52. The number of unbranched alkanes of at least 4 members (excludes halogenated alkanes) is 1. The lowest BCUT2D eigenvalue weighted by molar-refractivity contribution is 0.131. The lowest BCUT2D eigenvalue weighted by Crippen LogP contribution is -2.42. The second-order valence-corrected chi connectivity index (χ2v) is 5.61. The van der Waals surface area contributed by atoms with Gasteiger partial charge in [0, 0.05) is 13.1 Å². The van der Waals surface area contributed by atoms with Crippen molar-refractivity contribution in [2.45, 2.75) is 39.0 Å². The monoisotopic (exact) mass is 240 g/mol. The lowest BCUT2D eigenvalue weighted by Gasteiger charge is -2.38. The third-order valence-electron chi connectivity index (χ3n) is 4.59. The normalized spacial score (nSPS) is 27.6. The van der Waals surface area contributed by atoms with E-state index < -0.39 is 6.09 Å². The fraction of sp³-hybridized carbons (Fsp3) is 0.923. The average Bonchev–Trinajstić information content (AvgIpc) is 2.66. The Bertz CT molecular complexity index is 275. The summed E-state index contributed by atoms with van der Waals surface area (Å²) < 4.78 is 0. The lowest BCUT2D eigenvalue weighted by atomic mass is 9.69. The Morgan fingerprint density at radius 2 is 2.18 bits per heavy atom. The standard InChI is InChI=1S/C13H24N2O2/c1-2-3-4-11-9-15(12(16)17)10-13(11)5-7-14-8-6-13/h11,14H,2-10H2,1H3,(H,16,17). The van der Waals surface area contributed by atoms with Crippen molar-refractivity contribution >= 4 is 6.09 Å². The fourth-order valence-electron chi connectivity index (χ4n) is 3.52. The molecule has 2 aliphatic rings. The number of amides is 1. The maximum absolute atomic E-state index is 11.2. The molecule has 0 saturated carbocycles. The molecule has 2 rings (SSSR count). The van der Waals surface area contributed by atoms with Crippen molar-refractivity contribution < 1.29 is 9.90 Å². The van der Waals surface area contributed by atoms with Crippen molar-refractivity contribution in [2.24, 2.45) is 11.3 Å². The van der Waals surface area contributed by atoms with Gasteiger partial charge < -0.3 is 15.3 Å². The highest BCUT2D eigenvalue weighted by Crippen LogP contribution is 2.45. The molecule has 17 heavy (non-hydrogen) atoms. The molecular formula is C13H24N2O2. The Balaban J connectivity index is 2.06. The second-order valence-electron chi connectivity index (χ2n) is 5.61.